The Bertz CT molecular complexity index is 738. The number of nitrogens with zero attached hydrogens (tertiary/aromatic N) is 1. The summed E-state index contributed by atoms with van der Waals surface area (Å²) < 4.78 is 10.9. The number of hydrogen-bond acceptors (Lipinski definition) is 8. The Morgan fingerprint density at radius 2 is 2.09 bits per heavy atom. The summed E-state index contributed by atoms with van der Waals surface area (Å²) in [6.07, 6.45) is -3.55. The largest absolute Gasteiger partial charge is 0.463 e. The number of rotatable bonds is 4. The van der Waals surface area contributed by atoms with Gasteiger partial charge >= 0.3 is 11.7 Å². The van der Waals surface area contributed by atoms with Crippen molar-refractivity contribution >= 4 is 11.8 Å². The lowest BCUT2D eigenvalue weighted by Crippen LogP contribution is -2.55. The van der Waals surface area contributed by atoms with Crippen LogP contribution in [0, 0.1) is 0 Å². The number of hydrogen-bond donors (Lipinski definition) is 3. The highest BCUT2D eigenvalue weighted by Crippen LogP contribution is 2.37. The fraction of sp³-hybridized carbons (Fsp3) is 0.538. The van der Waals surface area contributed by atoms with Crippen molar-refractivity contribution in [3.05, 3.63) is 33.1 Å². The average molecular weight is 328 g/mol. The monoisotopic (exact) mass is 328 g/mol. The smallest absolute Gasteiger partial charge is 0.330 e. The zero-order valence-electron chi connectivity index (χ0n) is 12.4. The number of aliphatic hydroxyl groups excluding tert-OH is 1. The van der Waals surface area contributed by atoms with Gasteiger partial charge in [0.15, 0.2) is 17.6 Å². The number of ketones is 1. The number of ether oxygens (including phenoxy) is 2. The van der Waals surface area contributed by atoms with E-state index in [1.165, 1.54) is 0 Å². The molecule has 1 aliphatic rings. The minimum absolute atomic E-state index is 0.489. The third-order valence-electron chi connectivity index (χ3n) is 3.64. The molecule has 4 atom stereocenters. The third kappa shape index (κ3) is 2.96. The highest BCUT2D eigenvalue weighted by Gasteiger charge is 2.59. The van der Waals surface area contributed by atoms with Crippen molar-refractivity contribution in [1.82, 2.24) is 9.55 Å². The zero-order valence-corrected chi connectivity index (χ0v) is 12.4. The summed E-state index contributed by atoms with van der Waals surface area (Å²) in [5.74, 6) is -1.49. The van der Waals surface area contributed by atoms with Crippen molar-refractivity contribution in [3.8, 4) is 0 Å². The van der Waals surface area contributed by atoms with Gasteiger partial charge < -0.3 is 19.7 Å². The van der Waals surface area contributed by atoms with Crippen LogP contribution in [0.5, 0.6) is 0 Å². The normalized spacial score (nSPS) is 30.2. The van der Waals surface area contributed by atoms with Crippen molar-refractivity contribution in [1.29, 1.82) is 0 Å². The fourth-order valence-electron chi connectivity index (χ4n) is 2.39. The summed E-state index contributed by atoms with van der Waals surface area (Å²) in [5.41, 5.74) is -3.91. The highest BCUT2D eigenvalue weighted by molar-refractivity contribution is 5.86. The standard InChI is InChI=1S/C13H16N2O8/c1-6(16)13(21)8(5-22-7(2)17)23-11(10(13)19)15-4-3-9(18)14-12(15)20/h3-4,8,10-11,19,21H,5H2,1-2H3,(H,14,18,20)/t8-,10+,11-,13-/m1/s1. The van der Waals surface area contributed by atoms with Gasteiger partial charge in [-0.3, -0.25) is 23.9 Å². The van der Waals surface area contributed by atoms with Gasteiger partial charge in [0.05, 0.1) is 0 Å². The first-order chi connectivity index (χ1) is 10.7. The van der Waals surface area contributed by atoms with Crippen molar-refractivity contribution in [2.45, 2.75) is 37.9 Å². The number of nitrogens with one attached hydrogen (secondary N) is 1. The van der Waals surface area contributed by atoms with Gasteiger partial charge in [0.2, 0.25) is 0 Å². The SMILES string of the molecule is CC(=O)OC[C@H]1O[C@@H](n2ccc(=O)[nH]c2=O)[C@H](O)[C@@]1(O)C(C)=O. The maximum atomic E-state index is 11.8. The summed E-state index contributed by atoms with van der Waals surface area (Å²) in [5, 5.41) is 20.8. The molecule has 0 bridgehead atoms. The Balaban J connectivity index is 2.40. The van der Waals surface area contributed by atoms with Crippen LogP contribution in [0.2, 0.25) is 0 Å². The molecule has 1 saturated heterocycles. The predicted octanol–water partition coefficient (Wildman–Crippen LogP) is -2.32. The van der Waals surface area contributed by atoms with Crippen LogP contribution in [-0.4, -0.2) is 55.9 Å². The Kier molecular flexibility index (Phi) is 4.50. The van der Waals surface area contributed by atoms with Crippen LogP contribution in [0.15, 0.2) is 21.9 Å². The molecule has 0 unspecified atom stereocenters. The minimum atomic E-state index is -2.37. The zero-order chi connectivity index (χ0) is 17.4. The summed E-state index contributed by atoms with van der Waals surface area (Å²) >= 11 is 0. The molecule has 2 rings (SSSR count). The highest BCUT2D eigenvalue weighted by atomic mass is 16.6. The second-order valence-corrected chi connectivity index (χ2v) is 5.16. The van der Waals surface area contributed by atoms with Gasteiger partial charge in [-0.05, 0) is 6.92 Å². The molecule has 3 N–H and O–H groups in total. The van der Waals surface area contributed by atoms with Crippen LogP contribution in [0.25, 0.3) is 0 Å². The molecule has 2 heterocycles. The molecule has 0 aromatic carbocycles. The number of H-pyrrole nitrogens is 1. The molecule has 0 spiro atoms. The first-order valence-electron chi connectivity index (χ1n) is 6.69. The van der Waals surface area contributed by atoms with E-state index in [1.54, 1.807) is 0 Å². The van der Waals surface area contributed by atoms with Crippen molar-refractivity contribution < 1.29 is 29.3 Å². The molecule has 0 aliphatic carbocycles. The number of aromatic amines is 1. The number of Topliss-reactive ketones (excluding diaryl/α,β-unsaturated/α-hetero) is 1. The Hall–Kier alpha value is -2.30. The second kappa shape index (κ2) is 6.07. The van der Waals surface area contributed by atoms with Gasteiger partial charge in [-0.25, -0.2) is 4.79 Å². The Morgan fingerprint density at radius 3 is 2.61 bits per heavy atom. The number of aliphatic hydroxyl groups is 2. The number of carbonyl (C=O) groups excluding carboxylic acids is 2. The lowest BCUT2D eigenvalue weighted by Gasteiger charge is -2.27. The van der Waals surface area contributed by atoms with Crippen LogP contribution in [-0.2, 0) is 19.1 Å². The fourth-order valence-corrected chi connectivity index (χ4v) is 2.39. The molecule has 1 aromatic rings. The van der Waals surface area contributed by atoms with E-state index < -0.39 is 53.6 Å². The maximum Gasteiger partial charge on any atom is 0.330 e. The number of aromatic nitrogens is 2. The molecule has 0 amide bonds. The Labute approximate surface area is 129 Å². The van der Waals surface area contributed by atoms with E-state index in [0.29, 0.717) is 0 Å². The molecule has 1 aromatic heterocycles. The summed E-state index contributed by atoms with van der Waals surface area (Å²) in [4.78, 5) is 47.5. The van der Waals surface area contributed by atoms with E-state index in [-0.39, 0.29) is 0 Å². The van der Waals surface area contributed by atoms with Crippen LogP contribution >= 0.6 is 0 Å². The van der Waals surface area contributed by atoms with Gasteiger partial charge in [0.1, 0.15) is 18.8 Å². The van der Waals surface area contributed by atoms with E-state index in [4.69, 9.17) is 9.47 Å². The van der Waals surface area contributed by atoms with Crippen LogP contribution in [0.1, 0.15) is 20.1 Å². The third-order valence-corrected chi connectivity index (χ3v) is 3.64. The van der Waals surface area contributed by atoms with Crippen molar-refractivity contribution in [3.63, 3.8) is 0 Å². The number of esters is 1. The summed E-state index contributed by atoms with van der Waals surface area (Å²) in [6.45, 7) is 1.67. The lowest BCUT2D eigenvalue weighted by atomic mass is 9.88. The van der Waals surface area contributed by atoms with Gasteiger partial charge in [-0.2, -0.15) is 0 Å². The van der Waals surface area contributed by atoms with E-state index in [0.717, 1.165) is 30.7 Å². The van der Waals surface area contributed by atoms with Crippen LogP contribution < -0.4 is 11.2 Å². The average Bonchev–Trinajstić information content (AvgIpc) is 2.71. The van der Waals surface area contributed by atoms with E-state index in [9.17, 15) is 29.4 Å². The van der Waals surface area contributed by atoms with Gasteiger partial charge in [-0.15, -0.1) is 0 Å². The maximum absolute atomic E-state index is 11.8. The molecule has 10 heteroatoms. The quantitative estimate of drug-likeness (QED) is 0.522. The Morgan fingerprint density at radius 1 is 1.43 bits per heavy atom. The van der Waals surface area contributed by atoms with Crippen molar-refractivity contribution in [2.75, 3.05) is 6.61 Å². The van der Waals surface area contributed by atoms with Crippen LogP contribution in [0.4, 0.5) is 0 Å². The molecule has 10 nitrogen and oxygen atoms in total. The van der Waals surface area contributed by atoms with Crippen LogP contribution in [0.3, 0.4) is 0 Å². The summed E-state index contributed by atoms with van der Waals surface area (Å²) in [7, 11) is 0. The number of carbonyl (C=O) groups is 2. The lowest BCUT2D eigenvalue weighted by molar-refractivity contribution is -0.160. The van der Waals surface area contributed by atoms with E-state index in [1.807, 2.05) is 4.98 Å². The molecular formula is C13H16N2O8. The van der Waals surface area contributed by atoms with Crippen molar-refractivity contribution in [2.24, 2.45) is 0 Å². The second-order valence-electron chi connectivity index (χ2n) is 5.16. The van der Waals surface area contributed by atoms with Gasteiger partial charge in [-0.1, -0.05) is 0 Å². The predicted molar refractivity (Wildman–Crippen MR) is 73.5 cm³/mol. The molecule has 0 saturated carbocycles. The molecule has 23 heavy (non-hydrogen) atoms. The topological polar surface area (TPSA) is 148 Å². The molecule has 1 aliphatic heterocycles. The molecule has 1 fully saturated rings. The minimum Gasteiger partial charge on any atom is -0.463 e. The summed E-state index contributed by atoms with van der Waals surface area (Å²) in [6, 6.07) is 1.02. The molecule has 126 valence electrons. The molecular weight excluding hydrogens is 312 g/mol. The molecule has 0 radical (unpaired) electrons. The van der Waals surface area contributed by atoms with E-state index in [2.05, 4.69) is 0 Å². The van der Waals surface area contributed by atoms with E-state index >= 15 is 0 Å². The first-order valence-corrected chi connectivity index (χ1v) is 6.69. The van der Waals surface area contributed by atoms with Gasteiger partial charge in [0, 0.05) is 19.2 Å². The van der Waals surface area contributed by atoms with Gasteiger partial charge in [0.25, 0.3) is 5.56 Å². The first kappa shape index (κ1) is 17.1.